The van der Waals surface area contributed by atoms with E-state index in [0.717, 1.165) is 35.2 Å². The minimum atomic E-state index is -4.71. The summed E-state index contributed by atoms with van der Waals surface area (Å²) in [6, 6.07) is 11.9. The van der Waals surface area contributed by atoms with Crippen molar-refractivity contribution in [2.24, 2.45) is 0 Å². The number of carbonyl (C=O) groups is 2. The number of rotatable bonds is 8. The maximum atomic E-state index is 13.6. The second-order valence-corrected chi connectivity index (χ2v) is 8.81. The zero-order valence-electron chi connectivity index (χ0n) is 20.8. The van der Waals surface area contributed by atoms with Gasteiger partial charge in [0, 0.05) is 24.2 Å². The molecule has 0 bridgehead atoms. The number of halogens is 3. The standard InChI is InChI=1S/C27H23F3N2O7/c1-3-39-22-13-16(7-12-21(22)38-2)24-26(25(34)35,17-8-10-19(11-9-17)32(36)37)15-23(33)31(24)20-6-4-5-18(14-20)27(28,29)30/h4-14,24H,3,15H2,1-2H3,(H,34,35)/t24-,26-/m1/s1. The van der Waals surface area contributed by atoms with Crippen LogP contribution in [0, 0.1) is 10.1 Å². The van der Waals surface area contributed by atoms with Gasteiger partial charge in [-0.05, 0) is 48.4 Å². The maximum Gasteiger partial charge on any atom is 0.416 e. The van der Waals surface area contributed by atoms with Crippen molar-refractivity contribution in [1.82, 2.24) is 0 Å². The number of ether oxygens (including phenoxy) is 2. The average Bonchev–Trinajstić information content (AvgIpc) is 3.22. The molecule has 1 aliphatic heterocycles. The van der Waals surface area contributed by atoms with Crippen LogP contribution in [0.3, 0.4) is 0 Å². The molecule has 0 aromatic heterocycles. The van der Waals surface area contributed by atoms with Gasteiger partial charge >= 0.3 is 12.1 Å². The number of aliphatic carboxylic acids is 1. The van der Waals surface area contributed by atoms with E-state index in [1.54, 1.807) is 6.92 Å². The van der Waals surface area contributed by atoms with Crippen LogP contribution in [-0.2, 0) is 21.2 Å². The third kappa shape index (κ3) is 4.85. The topological polar surface area (TPSA) is 119 Å². The van der Waals surface area contributed by atoms with E-state index in [1.807, 2.05) is 0 Å². The second kappa shape index (κ2) is 10.3. The number of nitrogens with zero attached hydrogens (tertiary/aromatic N) is 2. The number of non-ortho nitro benzene ring substituents is 1. The monoisotopic (exact) mass is 544 g/mol. The number of nitro benzene ring substituents is 1. The highest BCUT2D eigenvalue weighted by Crippen LogP contribution is 2.53. The molecular formula is C27H23F3N2O7. The van der Waals surface area contributed by atoms with Gasteiger partial charge in [0.2, 0.25) is 5.91 Å². The smallest absolute Gasteiger partial charge is 0.416 e. The number of amides is 1. The predicted molar refractivity (Wildman–Crippen MR) is 133 cm³/mol. The zero-order chi connectivity index (χ0) is 28.5. The molecule has 1 amide bonds. The van der Waals surface area contributed by atoms with Crippen LogP contribution in [0.15, 0.2) is 66.7 Å². The van der Waals surface area contributed by atoms with Gasteiger partial charge in [-0.15, -0.1) is 0 Å². The van der Waals surface area contributed by atoms with Gasteiger partial charge in [0.05, 0.1) is 30.2 Å². The second-order valence-electron chi connectivity index (χ2n) is 8.81. The van der Waals surface area contributed by atoms with E-state index in [4.69, 9.17) is 9.47 Å². The Morgan fingerprint density at radius 3 is 2.38 bits per heavy atom. The van der Waals surface area contributed by atoms with E-state index < -0.39 is 46.4 Å². The lowest BCUT2D eigenvalue weighted by atomic mass is 9.71. The first-order chi connectivity index (χ1) is 18.4. The minimum Gasteiger partial charge on any atom is -0.493 e. The minimum absolute atomic E-state index is 0.0715. The van der Waals surface area contributed by atoms with E-state index in [0.29, 0.717) is 5.75 Å². The van der Waals surface area contributed by atoms with E-state index in [1.165, 1.54) is 43.5 Å². The highest BCUT2D eigenvalue weighted by Gasteiger charge is 2.59. The number of hydrogen-bond acceptors (Lipinski definition) is 6. The maximum absolute atomic E-state index is 13.6. The molecule has 9 nitrogen and oxygen atoms in total. The van der Waals surface area contributed by atoms with Crippen LogP contribution < -0.4 is 14.4 Å². The molecule has 1 fully saturated rings. The number of carboxylic acid groups (broad SMARTS) is 1. The molecule has 12 heteroatoms. The van der Waals surface area contributed by atoms with Gasteiger partial charge in [0.1, 0.15) is 5.41 Å². The van der Waals surface area contributed by atoms with Crippen LogP contribution in [-0.4, -0.2) is 35.6 Å². The summed E-state index contributed by atoms with van der Waals surface area (Å²) in [5, 5.41) is 21.8. The summed E-state index contributed by atoms with van der Waals surface area (Å²) in [5.41, 5.74) is -3.15. The highest BCUT2D eigenvalue weighted by atomic mass is 19.4. The summed E-state index contributed by atoms with van der Waals surface area (Å²) < 4.78 is 51.6. The Kier molecular flexibility index (Phi) is 7.23. The lowest BCUT2D eigenvalue weighted by Crippen LogP contribution is -2.42. The summed E-state index contributed by atoms with van der Waals surface area (Å²) in [7, 11) is 1.41. The lowest BCUT2D eigenvalue weighted by Gasteiger charge is -2.36. The molecule has 0 spiro atoms. The fourth-order valence-corrected chi connectivity index (χ4v) is 4.93. The largest absolute Gasteiger partial charge is 0.493 e. The summed E-state index contributed by atoms with van der Waals surface area (Å²) in [5.74, 6) is -1.61. The lowest BCUT2D eigenvalue weighted by molar-refractivity contribution is -0.384. The number of alkyl halides is 3. The van der Waals surface area contributed by atoms with Crippen LogP contribution in [0.1, 0.15) is 36.1 Å². The van der Waals surface area contributed by atoms with Crippen molar-refractivity contribution >= 4 is 23.3 Å². The number of benzene rings is 3. The van der Waals surface area contributed by atoms with E-state index in [9.17, 15) is 38.0 Å². The fraction of sp³-hybridized carbons (Fsp3) is 0.259. The third-order valence-electron chi connectivity index (χ3n) is 6.65. The van der Waals surface area contributed by atoms with Gasteiger partial charge in [0.15, 0.2) is 11.5 Å². The zero-order valence-corrected chi connectivity index (χ0v) is 20.8. The first-order valence-corrected chi connectivity index (χ1v) is 11.7. The molecule has 1 heterocycles. The Labute approximate surface area is 220 Å². The molecular weight excluding hydrogens is 521 g/mol. The van der Waals surface area contributed by atoms with Crippen molar-refractivity contribution in [3.8, 4) is 11.5 Å². The Hall–Kier alpha value is -4.61. The van der Waals surface area contributed by atoms with Crippen LogP contribution in [0.4, 0.5) is 24.5 Å². The van der Waals surface area contributed by atoms with Crippen molar-refractivity contribution in [2.75, 3.05) is 18.6 Å². The van der Waals surface area contributed by atoms with Gasteiger partial charge in [-0.3, -0.25) is 19.7 Å². The van der Waals surface area contributed by atoms with Crippen LogP contribution in [0.2, 0.25) is 0 Å². The molecule has 0 aliphatic carbocycles. The van der Waals surface area contributed by atoms with E-state index in [2.05, 4.69) is 0 Å². The van der Waals surface area contributed by atoms with Crippen molar-refractivity contribution in [2.45, 2.75) is 31.0 Å². The summed E-state index contributed by atoms with van der Waals surface area (Å²) in [6.07, 6.45) is -5.32. The molecule has 0 unspecified atom stereocenters. The van der Waals surface area contributed by atoms with Gasteiger partial charge < -0.3 is 19.5 Å². The first kappa shape index (κ1) is 27.4. The van der Waals surface area contributed by atoms with Gasteiger partial charge in [-0.1, -0.05) is 24.3 Å². The molecule has 1 aliphatic rings. The van der Waals surface area contributed by atoms with Crippen molar-refractivity contribution in [1.29, 1.82) is 0 Å². The Morgan fingerprint density at radius 1 is 1.13 bits per heavy atom. The van der Waals surface area contributed by atoms with Gasteiger partial charge in [0.25, 0.3) is 5.69 Å². The quantitative estimate of drug-likeness (QED) is 0.293. The highest BCUT2D eigenvalue weighted by molar-refractivity contribution is 6.05. The van der Waals surface area contributed by atoms with Crippen molar-refractivity contribution < 1.29 is 42.3 Å². The first-order valence-electron chi connectivity index (χ1n) is 11.7. The van der Waals surface area contributed by atoms with Crippen molar-refractivity contribution in [3.05, 3.63) is 93.5 Å². The number of carboxylic acids is 1. The Bertz CT molecular complexity index is 1430. The molecule has 204 valence electrons. The molecule has 0 saturated carbocycles. The predicted octanol–water partition coefficient (Wildman–Crippen LogP) is 5.52. The van der Waals surface area contributed by atoms with E-state index in [-0.39, 0.29) is 34.9 Å². The Balaban J connectivity index is 2.00. The summed E-state index contributed by atoms with van der Waals surface area (Å²) >= 11 is 0. The SMILES string of the molecule is CCOc1cc([C@H]2N(c3cccc(C(F)(F)F)c3)C(=O)C[C@@]2(C(=O)O)c2ccc([N+](=O)[O-])cc2)ccc1OC. The molecule has 3 aromatic rings. The van der Waals surface area contributed by atoms with Crippen molar-refractivity contribution in [3.63, 3.8) is 0 Å². The molecule has 2 atom stereocenters. The van der Waals surface area contributed by atoms with Gasteiger partial charge in [-0.2, -0.15) is 13.2 Å². The summed E-state index contributed by atoms with van der Waals surface area (Å²) in [4.78, 5) is 38.2. The van der Waals surface area contributed by atoms with Crippen LogP contribution in [0.25, 0.3) is 0 Å². The molecule has 1 N–H and O–H groups in total. The number of hydrogen-bond donors (Lipinski definition) is 1. The number of carbonyl (C=O) groups excluding carboxylic acids is 1. The number of nitro groups is 1. The Morgan fingerprint density at radius 2 is 1.82 bits per heavy atom. The van der Waals surface area contributed by atoms with E-state index >= 15 is 0 Å². The van der Waals surface area contributed by atoms with Gasteiger partial charge in [-0.25, -0.2) is 0 Å². The fourth-order valence-electron chi connectivity index (χ4n) is 4.93. The molecule has 3 aromatic carbocycles. The molecule has 39 heavy (non-hydrogen) atoms. The summed E-state index contributed by atoms with van der Waals surface area (Å²) in [6.45, 7) is 1.95. The normalized spacial score (nSPS) is 19.2. The third-order valence-corrected chi connectivity index (χ3v) is 6.65. The number of anilines is 1. The van der Waals surface area contributed by atoms with Crippen LogP contribution >= 0.6 is 0 Å². The molecule has 4 rings (SSSR count). The van der Waals surface area contributed by atoms with Crippen LogP contribution in [0.5, 0.6) is 11.5 Å². The molecule has 1 saturated heterocycles. The average molecular weight is 544 g/mol. The molecule has 0 radical (unpaired) electrons. The number of methoxy groups -OCH3 is 1.